The molecule has 0 aliphatic carbocycles. The fourth-order valence-corrected chi connectivity index (χ4v) is 1.95. The van der Waals surface area contributed by atoms with Crippen molar-refractivity contribution in [3.8, 4) is 0 Å². The summed E-state index contributed by atoms with van der Waals surface area (Å²) >= 11 is 1.47. The first-order valence-electron chi connectivity index (χ1n) is 5.34. The van der Waals surface area contributed by atoms with E-state index in [1.54, 1.807) is 0 Å². The maximum Gasteiger partial charge on any atom is 0.193 e. The van der Waals surface area contributed by atoms with Crippen LogP contribution in [0.4, 0.5) is 0 Å². The lowest BCUT2D eigenvalue weighted by Gasteiger charge is -2.02. The SMILES string of the molecule is CNCc1ccc(Sc2ncc(C)cn2)nc1. The summed E-state index contributed by atoms with van der Waals surface area (Å²) < 4.78 is 0. The van der Waals surface area contributed by atoms with Crippen LogP contribution in [0.25, 0.3) is 0 Å². The number of hydrogen-bond donors (Lipinski definition) is 1. The highest BCUT2D eigenvalue weighted by Crippen LogP contribution is 2.21. The van der Waals surface area contributed by atoms with E-state index in [0.717, 1.165) is 22.3 Å². The van der Waals surface area contributed by atoms with Gasteiger partial charge in [0.25, 0.3) is 0 Å². The van der Waals surface area contributed by atoms with Gasteiger partial charge >= 0.3 is 0 Å². The normalized spacial score (nSPS) is 10.5. The number of rotatable bonds is 4. The van der Waals surface area contributed by atoms with Crippen molar-refractivity contribution >= 4 is 11.8 Å². The predicted octanol–water partition coefficient (Wildman–Crippen LogP) is 2.05. The molecule has 2 aromatic rings. The molecule has 2 heterocycles. The zero-order valence-corrected chi connectivity index (χ0v) is 10.7. The average Bonchev–Trinajstić information content (AvgIpc) is 2.35. The second-order valence-corrected chi connectivity index (χ2v) is 4.67. The summed E-state index contributed by atoms with van der Waals surface area (Å²) in [5.74, 6) is 0. The maximum atomic E-state index is 4.36. The van der Waals surface area contributed by atoms with E-state index >= 15 is 0 Å². The minimum atomic E-state index is 0.726. The van der Waals surface area contributed by atoms with Gasteiger partial charge in [0.1, 0.15) is 5.03 Å². The van der Waals surface area contributed by atoms with Crippen LogP contribution in [0.5, 0.6) is 0 Å². The van der Waals surface area contributed by atoms with Gasteiger partial charge in [0, 0.05) is 25.1 Å². The highest BCUT2D eigenvalue weighted by Gasteiger charge is 2.01. The molecule has 17 heavy (non-hydrogen) atoms. The summed E-state index contributed by atoms with van der Waals surface area (Å²) in [6.07, 6.45) is 5.49. The van der Waals surface area contributed by atoms with Crippen LogP contribution >= 0.6 is 11.8 Å². The second-order valence-electron chi connectivity index (χ2n) is 3.68. The third kappa shape index (κ3) is 3.51. The third-order valence-corrected chi connectivity index (χ3v) is 2.98. The van der Waals surface area contributed by atoms with E-state index in [0.29, 0.717) is 0 Å². The van der Waals surface area contributed by atoms with Crippen molar-refractivity contribution in [3.05, 3.63) is 41.9 Å². The third-order valence-electron chi connectivity index (χ3n) is 2.13. The summed E-state index contributed by atoms with van der Waals surface area (Å²) in [4.78, 5) is 12.8. The molecule has 0 amide bonds. The molecule has 0 aliphatic rings. The fraction of sp³-hybridized carbons (Fsp3) is 0.250. The lowest BCUT2D eigenvalue weighted by Crippen LogP contribution is -2.05. The minimum absolute atomic E-state index is 0.726. The van der Waals surface area contributed by atoms with Gasteiger partial charge in [0.05, 0.1) is 0 Å². The van der Waals surface area contributed by atoms with E-state index < -0.39 is 0 Å². The molecule has 0 aromatic carbocycles. The Morgan fingerprint density at radius 3 is 2.47 bits per heavy atom. The van der Waals surface area contributed by atoms with Crippen LogP contribution in [0.2, 0.25) is 0 Å². The lowest BCUT2D eigenvalue weighted by atomic mass is 10.3. The molecule has 1 N–H and O–H groups in total. The Hall–Kier alpha value is -1.46. The monoisotopic (exact) mass is 246 g/mol. The van der Waals surface area contributed by atoms with Crippen LogP contribution < -0.4 is 5.32 Å². The van der Waals surface area contributed by atoms with Gasteiger partial charge in [0.2, 0.25) is 0 Å². The zero-order chi connectivity index (χ0) is 12.1. The molecule has 0 aliphatic heterocycles. The van der Waals surface area contributed by atoms with Crippen molar-refractivity contribution in [2.45, 2.75) is 23.7 Å². The molecule has 0 unspecified atom stereocenters. The van der Waals surface area contributed by atoms with Crippen LogP contribution in [0.3, 0.4) is 0 Å². The first kappa shape index (κ1) is 12.0. The predicted molar refractivity (Wildman–Crippen MR) is 67.9 cm³/mol. The number of hydrogen-bond acceptors (Lipinski definition) is 5. The number of aryl methyl sites for hydroxylation is 1. The van der Waals surface area contributed by atoms with Crippen molar-refractivity contribution in [2.24, 2.45) is 0 Å². The highest BCUT2D eigenvalue weighted by atomic mass is 32.2. The van der Waals surface area contributed by atoms with Crippen molar-refractivity contribution in [3.63, 3.8) is 0 Å². The topological polar surface area (TPSA) is 50.7 Å². The van der Waals surface area contributed by atoms with Crippen molar-refractivity contribution in [1.82, 2.24) is 20.3 Å². The summed E-state index contributed by atoms with van der Waals surface area (Å²) in [7, 11) is 1.92. The highest BCUT2D eigenvalue weighted by molar-refractivity contribution is 7.99. The number of nitrogens with one attached hydrogen (secondary N) is 1. The Morgan fingerprint density at radius 1 is 1.12 bits per heavy atom. The van der Waals surface area contributed by atoms with E-state index in [1.165, 1.54) is 17.3 Å². The van der Waals surface area contributed by atoms with E-state index in [9.17, 15) is 0 Å². The van der Waals surface area contributed by atoms with Gasteiger partial charge in [-0.15, -0.1) is 0 Å². The van der Waals surface area contributed by atoms with Gasteiger partial charge in [-0.3, -0.25) is 0 Å². The number of nitrogens with zero attached hydrogens (tertiary/aromatic N) is 3. The van der Waals surface area contributed by atoms with Crippen LogP contribution in [-0.2, 0) is 6.54 Å². The largest absolute Gasteiger partial charge is 0.316 e. The van der Waals surface area contributed by atoms with E-state index in [2.05, 4.69) is 26.3 Å². The molecule has 0 bridgehead atoms. The molecule has 88 valence electrons. The first-order chi connectivity index (χ1) is 8.28. The Balaban J connectivity index is 2.05. The second kappa shape index (κ2) is 5.75. The Bertz CT molecular complexity index is 467. The quantitative estimate of drug-likeness (QED) is 0.837. The summed E-state index contributed by atoms with van der Waals surface area (Å²) in [5.41, 5.74) is 2.23. The molecule has 0 radical (unpaired) electrons. The first-order valence-corrected chi connectivity index (χ1v) is 6.15. The Labute approximate surface area is 105 Å². The summed E-state index contributed by atoms with van der Waals surface area (Å²) in [6.45, 7) is 2.80. The molecule has 0 fully saturated rings. The molecule has 0 atom stereocenters. The summed E-state index contributed by atoms with van der Waals surface area (Å²) in [5, 5.41) is 4.73. The van der Waals surface area contributed by atoms with Crippen molar-refractivity contribution < 1.29 is 0 Å². The standard InChI is InChI=1S/C12H14N4S/c1-9-5-15-12(16-6-9)17-11-4-3-10(7-13-2)8-14-11/h3-6,8,13H,7H2,1-2H3. The number of aromatic nitrogens is 3. The molecular formula is C12H14N4S. The van der Waals surface area contributed by atoms with Crippen LogP contribution in [0.1, 0.15) is 11.1 Å². The molecule has 0 saturated heterocycles. The zero-order valence-electron chi connectivity index (χ0n) is 9.84. The lowest BCUT2D eigenvalue weighted by molar-refractivity contribution is 0.809. The molecule has 0 saturated carbocycles. The van der Waals surface area contributed by atoms with E-state index in [1.807, 2.05) is 38.6 Å². The Morgan fingerprint density at radius 2 is 1.88 bits per heavy atom. The van der Waals surface area contributed by atoms with Gasteiger partial charge in [-0.1, -0.05) is 6.07 Å². The van der Waals surface area contributed by atoms with E-state index in [4.69, 9.17) is 0 Å². The van der Waals surface area contributed by atoms with Crippen molar-refractivity contribution in [1.29, 1.82) is 0 Å². The van der Waals surface area contributed by atoms with Gasteiger partial charge in [-0.2, -0.15) is 0 Å². The minimum Gasteiger partial charge on any atom is -0.316 e. The molecular weight excluding hydrogens is 232 g/mol. The van der Waals surface area contributed by atoms with Crippen LogP contribution in [0.15, 0.2) is 40.9 Å². The van der Waals surface area contributed by atoms with Crippen LogP contribution in [0, 0.1) is 6.92 Å². The molecule has 2 rings (SSSR count). The van der Waals surface area contributed by atoms with Crippen LogP contribution in [-0.4, -0.2) is 22.0 Å². The van der Waals surface area contributed by atoms with Crippen molar-refractivity contribution in [2.75, 3.05) is 7.05 Å². The Kier molecular flexibility index (Phi) is 4.06. The van der Waals surface area contributed by atoms with Gasteiger partial charge in [0.15, 0.2) is 5.16 Å². The van der Waals surface area contributed by atoms with Gasteiger partial charge < -0.3 is 5.32 Å². The fourth-order valence-electron chi connectivity index (χ4n) is 1.31. The molecule has 4 nitrogen and oxygen atoms in total. The summed E-state index contributed by atoms with van der Waals surface area (Å²) in [6, 6.07) is 4.04. The number of pyridine rings is 1. The van der Waals surface area contributed by atoms with Gasteiger partial charge in [-0.25, -0.2) is 15.0 Å². The molecule has 2 aromatic heterocycles. The average molecular weight is 246 g/mol. The van der Waals surface area contributed by atoms with E-state index in [-0.39, 0.29) is 0 Å². The molecule has 0 spiro atoms. The maximum absolute atomic E-state index is 4.36. The smallest absolute Gasteiger partial charge is 0.193 e. The van der Waals surface area contributed by atoms with Gasteiger partial charge in [-0.05, 0) is 42.9 Å². The molecule has 5 heteroatoms.